The van der Waals surface area contributed by atoms with Crippen LogP contribution >= 0.6 is 0 Å². The second kappa shape index (κ2) is 6.39. The van der Waals surface area contributed by atoms with Crippen molar-refractivity contribution in [2.75, 3.05) is 13.1 Å². The van der Waals surface area contributed by atoms with E-state index in [-0.39, 0.29) is 5.92 Å². The smallest absolute Gasteiger partial charge is 0.111 e. The highest BCUT2D eigenvalue weighted by molar-refractivity contribution is 5.81. The summed E-state index contributed by atoms with van der Waals surface area (Å²) in [5, 5.41) is 12.7. The molecular weight excluding hydrogens is 334 g/mol. The summed E-state index contributed by atoms with van der Waals surface area (Å²) in [6.45, 7) is 4.88. The molecule has 2 aliphatic rings. The van der Waals surface area contributed by atoms with Crippen molar-refractivity contribution >= 4 is 10.9 Å². The van der Waals surface area contributed by atoms with Crippen LogP contribution in [0.4, 0.5) is 0 Å². The highest BCUT2D eigenvalue weighted by Gasteiger charge is 2.53. The topological polar surface area (TPSA) is 49.2 Å². The van der Waals surface area contributed by atoms with Crippen LogP contribution in [0.5, 0.6) is 0 Å². The van der Waals surface area contributed by atoms with Gasteiger partial charge in [-0.3, -0.25) is 14.9 Å². The van der Waals surface area contributed by atoms with Gasteiger partial charge in [-0.1, -0.05) is 30.3 Å². The van der Waals surface area contributed by atoms with E-state index in [0.29, 0.717) is 5.92 Å². The van der Waals surface area contributed by atoms with Crippen LogP contribution in [0.25, 0.3) is 10.9 Å². The second-order valence-corrected chi connectivity index (χ2v) is 8.24. The normalized spacial score (nSPS) is 27.9. The van der Waals surface area contributed by atoms with Gasteiger partial charge in [-0.2, -0.15) is 0 Å². The average Bonchev–Trinajstić information content (AvgIpc) is 3.23. The van der Waals surface area contributed by atoms with Gasteiger partial charge >= 0.3 is 0 Å². The Morgan fingerprint density at radius 3 is 2.85 bits per heavy atom. The summed E-state index contributed by atoms with van der Waals surface area (Å²) in [6.07, 6.45) is 5.63. The van der Waals surface area contributed by atoms with E-state index < -0.39 is 5.60 Å². The standard InChI is InChI=1S/C23H25N3O/c1-16-7-8-21(25-12-16)23(27)10-9-18-13-26(15-20(18)23)14-19-5-2-4-17-6-3-11-24-22(17)19/h2-8,11-12,18,20,27H,9-10,13-15H2,1H3/t18-,20+,23-/m0/s1. The molecule has 1 aliphatic carbocycles. The lowest BCUT2D eigenvalue weighted by Gasteiger charge is -2.30. The zero-order valence-corrected chi connectivity index (χ0v) is 15.7. The Labute approximate surface area is 159 Å². The zero-order chi connectivity index (χ0) is 18.4. The molecule has 0 radical (unpaired) electrons. The van der Waals surface area contributed by atoms with Gasteiger partial charge < -0.3 is 5.11 Å². The average molecular weight is 359 g/mol. The molecule has 138 valence electrons. The first-order chi connectivity index (χ1) is 13.1. The predicted molar refractivity (Wildman–Crippen MR) is 106 cm³/mol. The fourth-order valence-electron chi connectivity index (χ4n) is 5.09. The van der Waals surface area contributed by atoms with Crippen molar-refractivity contribution in [3.8, 4) is 0 Å². The number of rotatable bonds is 3. The molecule has 1 aliphatic heterocycles. The predicted octanol–water partition coefficient (Wildman–Crippen LogP) is 3.67. The van der Waals surface area contributed by atoms with Crippen molar-refractivity contribution in [2.45, 2.75) is 31.9 Å². The summed E-state index contributed by atoms with van der Waals surface area (Å²) in [5.74, 6) is 0.802. The summed E-state index contributed by atoms with van der Waals surface area (Å²) in [5.41, 5.74) is 3.55. The van der Waals surface area contributed by atoms with Gasteiger partial charge in [0.15, 0.2) is 0 Å². The lowest BCUT2D eigenvalue weighted by molar-refractivity contribution is -0.0108. The van der Waals surface area contributed by atoms with Gasteiger partial charge in [-0.05, 0) is 48.9 Å². The van der Waals surface area contributed by atoms with E-state index in [4.69, 9.17) is 0 Å². The van der Waals surface area contributed by atoms with Crippen LogP contribution in [0.1, 0.15) is 29.7 Å². The lowest BCUT2D eigenvalue weighted by Crippen LogP contribution is -2.35. The van der Waals surface area contributed by atoms with Crippen molar-refractivity contribution in [1.29, 1.82) is 0 Å². The molecule has 5 rings (SSSR count). The number of aryl methyl sites for hydroxylation is 1. The van der Waals surface area contributed by atoms with Gasteiger partial charge in [-0.25, -0.2) is 0 Å². The molecule has 1 aromatic carbocycles. The molecule has 1 saturated heterocycles. The number of para-hydroxylation sites is 1. The Kier molecular flexibility index (Phi) is 3.99. The molecule has 27 heavy (non-hydrogen) atoms. The maximum Gasteiger partial charge on any atom is 0.111 e. The maximum atomic E-state index is 11.5. The van der Waals surface area contributed by atoms with Crippen molar-refractivity contribution in [1.82, 2.24) is 14.9 Å². The molecule has 2 aromatic heterocycles. The van der Waals surface area contributed by atoms with Crippen LogP contribution in [-0.4, -0.2) is 33.1 Å². The number of aliphatic hydroxyl groups is 1. The third-order valence-corrected chi connectivity index (χ3v) is 6.49. The van der Waals surface area contributed by atoms with E-state index in [1.165, 1.54) is 10.9 Å². The van der Waals surface area contributed by atoms with E-state index in [1.807, 2.05) is 31.5 Å². The highest BCUT2D eigenvalue weighted by atomic mass is 16.3. The Morgan fingerprint density at radius 1 is 1.11 bits per heavy atom. The van der Waals surface area contributed by atoms with Gasteiger partial charge in [0.25, 0.3) is 0 Å². The Morgan fingerprint density at radius 2 is 2.00 bits per heavy atom. The van der Waals surface area contributed by atoms with E-state index in [9.17, 15) is 5.11 Å². The van der Waals surface area contributed by atoms with Crippen LogP contribution in [0.3, 0.4) is 0 Å². The molecule has 0 bridgehead atoms. The summed E-state index contributed by atoms with van der Waals surface area (Å²) in [6, 6.07) is 14.6. The van der Waals surface area contributed by atoms with Gasteiger partial charge in [0.05, 0.1) is 11.2 Å². The summed E-state index contributed by atoms with van der Waals surface area (Å²) in [7, 11) is 0. The number of hydrogen-bond donors (Lipinski definition) is 1. The first-order valence-electron chi connectivity index (χ1n) is 9.84. The first-order valence-corrected chi connectivity index (χ1v) is 9.84. The van der Waals surface area contributed by atoms with Crippen LogP contribution in [0, 0.1) is 18.8 Å². The molecule has 0 spiro atoms. The largest absolute Gasteiger partial charge is 0.383 e. The molecular formula is C23H25N3O. The number of likely N-dealkylation sites (tertiary alicyclic amines) is 1. The van der Waals surface area contributed by atoms with E-state index in [2.05, 4.69) is 45.2 Å². The molecule has 0 amide bonds. The molecule has 0 unspecified atom stereocenters. The monoisotopic (exact) mass is 359 g/mol. The number of benzene rings is 1. The maximum absolute atomic E-state index is 11.5. The summed E-state index contributed by atoms with van der Waals surface area (Å²) in [4.78, 5) is 11.6. The molecule has 3 aromatic rings. The minimum atomic E-state index is -0.788. The number of fused-ring (bicyclic) bond motifs is 2. The molecule has 4 nitrogen and oxygen atoms in total. The Hall–Kier alpha value is -2.30. The molecule has 4 heteroatoms. The van der Waals surface area contributed by atoms with Gasteiger partial charge in [0, 0.05) is 43.3 Å². The van der Waals surface area contributed by atoms with Crippen molar-refractivity contribution in [3.63, 3.8) is 0 Å². The molecule has 3 atom stereocenters. The zero-order valence-electron chi connectivity index (χ0n) is 15.7. The van der Waals surface area contributed by atoms with Crippen molar-refractivity contribution in [2.24, 2.45) is 11.8 Å². The highest BCUT2D eigenvalue weighted by Crippen LogP contribution is 2.50. The Balaban J connectivity index is 1.39. The summed E-state index contributed by atoms with van der Waals surface area (Å²) >= 11 is 0. The van der Waals surface area contributed by atoms with E-state index in [1.54, 1.807) is 0 Å². The minimum Gasteiger partial charge on any atom is -0.383 e. The fourth-order valence-corrected chi connectivity index (χ4v) is 5.09. The first kappa shape index (κ1) is 16.8. The SMILES string of the molecule is Cc1ccc([C@]2(O)CC[C@H]3CN(Cc4cccc5cccnc45)C[C@H]32)nc1. The molecule has 1 saturated carbocycles. The van der Waals surface area contributed by atoms with Crippen molar-refractivity contribution in [3.05, 3.63) is 71.7 Å². The van der Waals surface area contributed by atoms with Crippen LogP contribution in [0.2, 0.25) is 0 Å². The van der Waals surface area contributed by atoms with Crippen molar-refractivity contribution < 1.29 is 5.11 Å². The van der Waals surface area contributed by atoms with Crippen LogP contribution in [0.15, 0.2) is 54.9 Å². The van der Waals surface area contributed by atoms with Gasteiger partial charge in [0.1, 0.15) is 5.60 Å². The molecule has 3 heterocycles. The van der Waals surface area contributed by atoms with E-state index in [0.717, 1.165) is 49.2 Å². The van der Waals surface area contributed by atoms with E-state index >= 15 is 0 Å². The second-order valence-electron chi connectivity index (χ2n) is 8.24. The van der Waals surface area contributed by atoms with Gasteiger partial charge in [-0.15, -0.1) is 0 Å². The number of aromatic nitrogens is 2. The lowest BCUT2D eigenvalue weighted by atomic mass is 9.85. The Bertz CT molecular complexity index is 966. The van der Waals surface area contributed by atoms with Crippen LogP contribution < -0.4 is 0 Å². The van der Waals surface area contributed by atoms with Crippen LogP contribution in [-0.2, 0) is 12.1 Å². The molecule has 2 fully saturated rings. The van der Waals surface area contributed by atoms with Gasteiger partial charge in [0.2, 0.25) is 0 Å². The number of pyridine rings is 2. The molecule has 1 N–H and O–H groups in total. The fraction of sp³-hybridized carbons (Fsp3) is 0.391. The quantitative estimate of drug-likeness (QED) is 0.775. The third kappa shape index (κ3) is 2.84. The third-order valence-electron chi connectivity index (χ3n) is 6.49. The summed E-state index contributed by atoms with van der Waals surface area (Å²) < 4.78 is 0. The number of hydrogen-bond acceptors (Lipinski definition) is 4. The number of nitrogens with zero attached hydrogens (tertiary/aromatic N) is 3. The minimum absolute atomic E-state index is 0.260.